The molecule has 14 heteroatoms. The van der Waals surface area contributed by atoms with E-state index in [1.807, 2.05) is 0 Å². The summed E-state index contributed by atoms with van der Waals surface area (Å²) in [6, 6.07) is 5.29. The van der Waals surface area contributed by atoms with Crippen LogP contribution in [0.5, 0.6) is 0 Å². The van der Waals surface area contributed by atoms with Gasteiger partial charge in [-0.25, -0.2) is 0 Å². The second kappa shape index (κ2) is 10.5. The van der Waals surface area contributed by atoms with Gasteiger partial charge < -0.3 is 4.42 Å². The predicted octanol–water partition coefficient (Wildman–Crippen LogP) is 5.92. The lowest BCUT2D eigenvalue weighted by atomic mass is 9.96. The lowest BCUT2D eigenvalue weighted by molar-refractivity contribution is 0.0781. The van der Waals surface area contributed by atoms with Crippen LogP contribution >= 0.6 is 69.3 Å². The van der Waals surface area contributed by atoms with Crippen LogP contribution in [0, 0.1) is 0 Å². The number of thiophene rings is 1. The molecule has 0 saturated carbocycles. The maximum atomic E-state index is 12.7. The number of carbonyl (C=O) groups is 7. The van der Waals surface area contributed by atoms with Crippen LogP contribution in [-0.4, -0.2) is 38.9 Å². The van der Waals surface area contributed by atoms with Crippen LogP contribution in [0.4, 0.5) is 0 Å². The van der Waals surface area contributed by atoms with Crippen molar-refractivity contribution in [2.24, 2.45) is 0 Å². The summed E-state index contributed by atoms with van der Waals surface area (Å²) in [6.07, 6.45) is 0. The fraction of sp³-hybridized carbons (Fsp3) is 0. The molecule has 2 aromatic heterocycles. The summed E-state index contributed by atoms with van der Waals surface area (Å²) in [5.74, 6) is -6.39. The zero-order valence-electron chi connectivity index (χ0n) is 16.5. The minimum atomic E-state index is -1.32. The zero-order valence-corrected chi connectivity index (χ0v) is 21.0. The Labute approximate surface area is 223 Å². The van der Waals surface area contributed by atoms with Crippen molar-refractivity contribution in [2.45, 2.75) is 0 Å². The average Bonchev–Trinajstić information content (AvgIpc) is 3.42. The van der Waals surface area contributed by atoms with Crippen molar-refractivity contribution in [1.82, 2.24) is 0 Å². The van der Waals surface area contributed by atoms with E-state index in [1.165, 1.54) is 6.07 Å². The van der Waals surface area contributed by atoms with Gasteiger partial charge in [0.2, 0.25) is 11.6 Å². The first-order chi connectivity index (χ1) is 16.4. The lowest BCUT2D eigenvalue weighted by Gasteiger charge is -2.07. The number of benzene rings is 1. The van der Waals surface area contributed by atoms with Crippen molar-refractivity contribution in [1.29, 1.82) is 0 Å². The van der Waals surface area contributed by atoms with Crippen LogP contribution in [-0.2, 0) is 0 Å². The fourth-order valence-electron chi connectivity index (χ4n) is 2.81. The van der Waals surface area contributed by atoms with Gasteiger partial charge in [0.25, 0.3) is 27.3 Å². The van der Waals surface area contributed by atoms with E-state index in [0.717, 1.165) is 24.3 Å². The van der Waals surface area contributed by atoms with Crippen LogP contribution < -0.4 is 0 Å². The minimum Gasteiger partial charge on any atom is -0.449 e. The highest BCUT2D eigenvalue weighted by atomic mass is 35.5. The second-order valence-corrected chi connectivity index (χ2v) is 9.22. The van der Waals surface area contributed by atoms with E-state index in [4.69, 9.17) is 62.4 Å². The fourth-order valence-corrected chi connectivity index (χ4v) is 4.99. The van der Waals surface area contributed by atoms with Gasteiger partial charge in [-0.1, -0.05) is 35.3 Å². The van der Waals surface area contributed by atoms with E-state index in [0.29, 0.717) is 11.3 Å². The first kappa shape index (κ1) is 26.9. The smallest absolute Gasteiger partial charge is 0.269 e. The predicted molar refractivity (Wildman–Crippen MR) is 127 cm³/mol. The van der Waals surface area contributed by atoms with Crippen molar-refractivity contribution in [3.63, 3.8) is 0 Å². The summed E-state index contributed by atoms with van der Waals surface area (Å²) in [5, 5.41) is -3.98. The largest absolute Gasteiger partial charge is 0.449 e. The lowest BCUT2D eigenvalue weighted by Crippen LogP contribution is -2.18. The molecule has 0 atom stereocenters. The molecule has 3 aromatic rings. The Hall–Kier alpha value is -2.66. The van der Waals surface area contributed by atoms with Crippen molar-refractivity contribution in [3.05, 3.63) is 78.3 Å². The third kappa shape index (κ3) is 5.16. The van der Waals surface area contributed by atoms with E-state index in [1.54, 1.807) is 0 Å². The van der Waals surface area contributed by atoms with Gasteiger partial charge in [-0.2, -0.15) is 0 Å². The topological polar surface area (TPSA) is 133 Å². The molecule has 0 aliphatic rings. The number of ketones is 4. The molecule has 0 aliphatic heterocycles. The van der Waals surface area contributed by atoms with Crippen LogP contribution in [0.15, 0.2) is 34.7 Å². The van der Waals surface area contributed by atoms with E-state index < -0.39 is 67.1 Å². The highest BCUT2D eigenvalue weighted by Crippen LogP contribution is 2.38. The van der Waals surface area contributed by atoms with Crippen molar-refractivity contribution in [2.75, 3.05) is 0 Å². The molecular formula is C21H5Cl5O8S. The molecule has 0 amide bonds. The number of carbonyl (C=O) groups excluding carboxylic acids is 7. The summed E-state index contributed by atoms with van der Waals surface area (Å²) in [7, 11) is 0. The molecule has 0 fully saturated rings. The Kier molecular flexibility index (Phi) is 8.10. The third-order valence-electron chi connectivity index (χ3n) is 4.36. The van der Waals surface area contributed by atoms with Crippen molar-refractivity contribution in [3.8, 4) is 0 Å². The van der Waals surface area contributed by atoms with Crippen LogP contribution in [0.1, 0.15) is 71.5 Å². The number of furan rings is 1. The first-order valence-electron chi connectivity index (χ1n) is 8.84. The molecule has 3 rings (SSSR count). The SMILES string of the molecule is O=C(C(=O)c1cccc(C(=O)Cl)c1C(=O)Cl)c1ccc(C(=O)C(=O)c2sc(C(=O)Cl)c(Cl)c2Cl)o1. The van der Waals surface area contributed by atoms with Gasteiger partial charge in [-0.15, -0.1) is 11.3 Å². The summed E-state index contributed by atoms with van der Waals surface area (Å²) in [4.78, 5) is 84.6. The Morgan fingerprint density at radius 3 is 1.60 bits per heavy atom. The van der Waals surface area contributed by atoms with Crippen molar-refractivity contribution >= 4 is 108 Å². The maximum absolute atomic E-state index is 12.7. The molecule has 0 N–H and O–H groups in total. The van der Waals surface area contributed by atoms with Crippen molar-refractivity contribution < 1.29 is 38.0 Å². The number of halogens is 5. The molecule has 0 spiro atoms. The average molecular weight is 595 g/mol. The van der Waals surface area contributed by atoms with Crippen LogP contribution in [0.3, 0.4) is 0 Å². The summed E-state index contributed by atoms with van der Waals surface area (Å²) >= 11 is 28.5. The number of Topliss-reactive ketones (excluding diaryl/α,β-unsaturated/α-hetero) is 4. The first-order valence-corrected chi connectivity index (χ1v) is 11.6. The third-order valence-corrected chi connectivity index (χ3v) is 7.32. The molecule has 35 heavy (non-hydrogen) atoms. The Morgan fingerprint density at radius 1 is 0.600 bits per heavy atom. The van der Waals surface area contributed by atoms with Gasteiger partial charge in [0.05, 0.1) is 20.5 Å². The Balaban J connectivity index is 1.93. The van der Waals surface area contributed by atoms with Gasteiger partial charge >= 0.3 is 0 Å². The molecule has 0 bridgehead atoms. The molecule has 0 aliphatic carbocycles. The van der Waals surface area contributed by atoms with E-state index in [9.17, 15) is 33.6 Å². The van der Waals surface area contributed by atoms with Gasteiger partial charge in [0.15, 0.2) is 11.5 Å². The number of rotatable bonds is 9. The molecule has 2 heterocycles. The molecule has 178 valence electrons. The van der Waals surface area contributed by atoms with Gasteiger partial charge in [0.1, 0.15) is 4.88 Å². The van der Waals surface area contributed by atoms with Crippen LogP contribution in [0.2, 0.25) is 10.0 Å². The highest BCUT2D eigenvalue weighted by Gasteiger charge is 2.32. The molecule has 1 aromatic carbocycles. The standard InChI is InChI=1S/C21H5Cl5O8S/c22-11-12(23)18(21(26)33)35-17(11)16(30)15(29)9-5-4-8(34-9)14(28)13(27)6-2-1-3-7(19(24)31)10(6)20(25)32/h1-5H. The van der Waals surface area contributed by atoms with Crippen LogP contribution in [0.25, 0.3) is 0 Å². The Morgan fingerprint density at radius 2 is 1.11 bits per heavy atom. The van der Waals surface area contributed by atoms with Gasteiger partial charge in [-0.05, 0) is 53.0 Å². The minimum absolute atomic E-state index is 0.252. The Bertz CT molecular complexity index is 1480. The van der Waals surface area contributed by atoms with E-state index in [-0.39, 0.29) is 19.8 Å². The summed E-state index contributed by atoms with van der Waals surface area (Å²) in [6.45, 7) is 0. The monoisotopic (exact) mass is 592 g/mol. The number of hydrogen-bond donors (Lipinski definition) is 0. The second-order valence-electron chi connectivity index (χ2n) is 6.42. The van der Waals surface area contributed by atoms with E-state index in [2.05, 4.69) is 0 Å². The zero-order chi connectivity index (χ0) is 26.2. The van der Waals surface area contributed by atoms with Gasteiger partial charge in [-0.3, -0.25) is 33.6 Å². The quantitative estimate of drug-likeness (QED) is 0.170. The molecule has 0 unspecified atom stereocenters. The van der Waals surface area contributed by atoms with E-state index >= 15 is 0 Å². The van der Waals surface area contributed by atoms with Gasteiger partial charge in [0, 0.05) is 11.1 Å². The number of hydrogen-bond acceptors (Lipinski definition) is 9. The summed E-state index contributed by atoms with van der Waals surface area (Å²) < 4.78 is 5.08. The summed E-state index contributed by atoms with van der Waals surface area (Å²) in [5.41, 5.74) is -1.51. The molecule has 0 radical (unpaired) electrons. The maximum Gasteiger partial charge on any atom is 0.269 e. The normalized spacial score (nSPS) is 10.7. The molecular weight excluding hydrogens is 590 g/mol. The highest BCUT2D eigenvalue weighted by molar-refractivity contribution is 7.19. The molecule has 0 saturated heterocycles. The molecule has 8 nitrogen and oxygen atoms in total.